The number of aryl methyl sites for hydroxylation is 2. The van der Waals surface area contributed by atoms with Gasteiger partial charge >= 0.3 is 0 Å². The number of hydrogen-bond acceptors (Lipinski definition) is 3. The number of aromatic nitrogens is 1. The van der Waals surface area contributed by atoms with Gasteiger partial charge in [0.05, 0.1) is 5.69 Å². The summed E-state index contributed by atoms with van der Waals surface area (Å²) in [6.45, 7) is 2.18. The molecule has 0 atom stereocenters. The third kappa shape index (κ3) is 3.43. The highest BCUT2D eigenvalue weighted by atomic mass is 32.2. The third-order valence-electron chi connectivity index (χ3n) is 3.18. The predicted molar refractivity (Wildman–Crippen MR) is 80.1 cm³/mol. The maximum atomic E-state index is 13.5. The van der Waals surface area contributed by atoms with Gasteiger partial charge in [-0.25, -0.2) is 12.8 Å². The van der Waals surface area contributed by atoms with Crippen molar-refractivity contribution in [3.8, 4) is 0 Å². The summed E-state index contributed by atoms with van der Waals surface area (Å²) in [4.78, 5) is 0.149. The van der Waals surface area contributed by atoms with Gasteiger partial charge in [0.2, 0.25) is 0 Å². The zero-order valence-electron chi connectivity index (χ0n) is 12.1. The fourth-order valence-electron chi connectivity index (χ4n) is 1.95. The summed E-state index contributed by atoms with van der Waals surface area (Å²) in [5.41, 5.74) is 1.51. The molecule has 1 aromatic carbocycles. The van der Waals surface area contributed by atoms with Crippen LogP contribution in [0, 0.1) is 12.7 Å². The highest BCUT2D eigenvalue weighted by Gasteiger charge is 2.18. The number of rotatable bonds is 5. The predicted octanol–water partition coefficient (Wildman–Crippen LogP) is 1.99. The van der Waals surface area contributed by atoms with Crippen molar-refractivity contribution in [2.75, 3.05) is 11.8 Å². The monoisotopic (exact) mass is 311 g/mol. The average molecular weight is 311 g/mol. The quantitative estimate of drug-likeness (QED) is 0.887. The fraction of sp³-hybridized carbons (Fsp3) is 0.286. The number of nitrogens with one attached hydrogen (secondary N) is 2. The molecule has 114 valence electrons. The lowest BCUT2D eigenvalue weighted by Gasteiger charge is -2.07. The fourth-order valence-corrected chi connectivity index (χ4v) is 3.09. The highest BCUT2D eigenvalue weighted by molar-refractivity contribution is 7.92. The topological polar surface area (TPSA) is 63.1 Å². The summed E-state index contributed by atoms with van der Waals surface area (Å²) < 4.78 is 42.2. The SMILES string of the molecule is CNCc1cc(S(=O)(=O)Nc2ccc(C)c(F)c2)cn1C. The maximum absolute atomic E-state index is 13.5. The van der Waals surface area contributed by atoms with Crippen molar-refractivity contribution in [3.63, 3.8) is 0 Å². The van der Waals surface area contributed by atoms with E-state index < -0.39 is 15.8 Å². The minimum atomic E-state index is -3.73. The van der Waals surface area contributed by atoms with Crippen LogP contribution in [0.15, 0.2) is 35.4 Å². The Labute approximate surface area is 123 Å². The van der Waals surface area contributed by atoms with Crippen LogP contribution in [0.2, 0.25) is 0 Å². The largest absolute Gasteiger partial charge is 0.352 e. The molecule has 0 aliphatic carbocycles. The van der Waals surface area contributed by atoms with Crippen LogP contribution in [-0.2, 0) is 23.6 Å². The number of sulfonamides is 1. The molecule has 2 N–H and O–H groups in total. The van der Waals surface area contributed by atoms with Crippen molar-refractivity contribution < 1.29 is 12.8 Å². The number of halogens is 1. The van der Waals surface area contributed by atoms with E-state index >= 15 is 0 Å². The van der Waals surface area contributed by atoms with Gasteiger partial charge < -0.3 is 9.88 Å². The van der Waals surface area contributed by atoms with Gasteiger partial charge in [0.25, 0.3) is 10.0 Å². The molecule has 2 aromatic rings. The molecule has 0 spiro atoms. The molecule has 0 bridgehead atoms. The number of benzene rings is 1. The van der Waals surface area contributed by atoms with E-state index in [9.17, 15) is 12.8 Å². The maximum Gasteiger partial charge on any atom is 0.263 e. The van der Waals surface area contributed by atoms with Crippen LogP contribution in [0.1, 0.15) is 11.3 Å². The lowest BCUT2D eigenvalue weighted by molar-refractivity contribution is 0.600. The summed E-state index contributed by atoms with van der Waals surface area (Å²) in [5.74, 6) is -0.445. The van der Waals surface area contributed by atoms with E-state index in [-0.39, 0.29) is 10.6 Å². The second-order valence-corrected chi connectivity index (χ2v) is 6.56. The Bertz CT molecular complexity index is 754. The normalized spacial score (nSPS) is 11.6. The molecule has 0 amide bonds. The van der Waals surface area contributed by atoms with Gasteiger partial charge in [0.1, 0.15) is 10.7 Å². The van der Waals surface area contributed by atoms with Crippen LogP contribution in [-0.4, -0.2) is 20.0 Å². The smallest absolute Gasteiger partial charge is 0.263 e. The summed E-state index contributed by atoms with van der Waals surface area (Å²) in [5, 5.41) is 2.97. The number of nitrogens with zero attached hydrogens (tertiary/aromatic N) is 1. The van der Waals surface area contributed by atoms with Crippen molar-refractivity contribution in [1.29, 1.82) is 0 Å². The molecule has 0 saturated heterocycles. The van der Waals surface area contributed by atoms with Crippen LogP contribution in [0.4, 0.5) is 10.1 Å². The van der Waals surface area contributed by atoms with E-state index in [4.69, 9.17) is 0 Å². The molecule has 5 nitrogen and oxygen atoms in total. The zero-order valence-corrected chi connectivity index (χ0v) is 13.0. The molecule has 7 heteroatoms. The highest BCUT2D eigenvalue weighted by Crippen LogP contribution is 2.20. The third-order valence-corrected chi connectivity index (χ3v) is 4.52. The number of anilines is 1. The molecule has 0 aliphatic heterocycles. The van der Waals surface area contributed by atoms with E-state index in [1.807, 2.05) is 0 Å². The molecule has 0 fully saturated rings. The van der Waals surface area contributed by atoms with E-state index in [2.05, 4.69) is 10.0 Å². The first-order chi connectivity index (χ1) is 9.83. The molecule has 0 aliphatic rings. The Morgan fingerprint density at radius 2 is 2.00 bits per heavy atom. The van der Waals surface area contributed by atoms with Gasteiger partial charge in [-0.05, 0) is 37.7 Å². The Morgan fingerprint density at radius 3 is 2.62 bits per heavy atom. The molecular formula is C14H18FN3O2S. The first-order valence-corrected chi connectivity index (χ1v) is 7.90. The molecular weight excluding hydrogens is 293 g/mol. The Morgan fingerprint density at radius 1 is 1.29 bits per heavy atom. The van der Waals surface area contributed by atoms with Gasteiger partial charge in [-0.15, -0.1) is 0 Å². The van der Waals surface area contributed by atoms with E-state index in [1.165, 1.54) is 24.4 Å². The molecule has 0 saturated carbocycles. The molecule has 2 rings (SSSR count). The average Bonchev–Trinajstić information content (AvgIpc) is 2.77. The van der Waals surface area contributed by atoms with Crippen LogP contribution < -0.4 is 10.0 Å². The van der Waals surface area contributed by atoms with Gasteiger partial charge in [-0.3, -0.25) is 4.72 Å². The minimum absolute atomic E-state index is 0.149. The zero-order chi connectivity index (χ0) is 15.6. The second-order valence-electron chi connectivity index (χ2n) is 4.88. The Balaban J connectivity index is 2.29. The van der Waals surface area contributed by atoms with Gasteiger partial charge in [0, 0.05) is 25.5 Å². The molecule has 21 heavy (non-hydrogen) atoms. The number of hydrogen-bond donors (Lipinski definition) is 2. The van der Waals surface area contributed by atoms with Gasteiger partial charge in [-0.2, -0.15) is 0 Å². The van der Waals surface area contributed by atoms with Gasteiger partial charge in [0.15, 0.2) is 0 Å². The van der Waals surface area contributed by atoms with Crippen LogP contribution >= 0.6 is 0 Å². The first-order valence-electron chi connectivity index (χ1n) is 6.42. The summed E-state index contributed by atoms with van der Waals surface area (Å²) in [7, 11) is -0.167. The molecule has 1 aromatic heterocycles. The Hall–Kier alpha value is -1.86. The van der Waals surface area contributed by atoms with Crippen molar-refractivity contribution in [2.24, 2.45) is 7.05 Å². The van der Waals surface area contributed by atoms with Crippen LogP contribution in [0.5, 0.6) is 0 Å². The summed E-state index contributed by atoms with van der Waals surface area (Å²) in [6, 6.07) is 5.83. The van der Waals surface area contributed by atoms with Gasteiger partial charge in [-0.1, -0.05) is 6.07 Å². The van der Waals surface area contributed by atoms with Crippen molar-refractivity contribution >= 4 is 15.7 Å². The lowest BCUT2D eigenvalue weighted by atomic mass is 10.2. The van der Waals surface area contributed by atoms with E-state index in [0.29, 0.717) is 12.1 Å². The molecule has 1 heterocycles. The minimum Gasteiger partial charge on any atom is -0.352 e. The van der Waals surface area contributed by atoms with Crippen molar-refractivity contribution in [3.05, 3.63) is 47.5 Å². The van der Waals surface area contributed by atoms with E-state index in [0.717, 1.165) is 5.69 Å². The summed E-state index contributed by atoms with van der Waals surface area (Å²) >= 11 is 0. The second kappa shape index (κ2) is 5.87. The van der Waals surface area contributed by atoms with Crippen molar-refractivity contribution in [2.45, 2.75) is 18.4 Å². The van der Waals surface area contributed by atoms with Crippen LogP contribution in [0.25, 0.3) is 0 Å². The van der Waals surface area contributed by atoms with Crippen molar-refractivity contribution in [1.82, 2.24) is 9.88 Å². The standard InChI is InChI=1S/C14H18FN3O2S/c1-10-4-5-11(6-14(10)15)17-21(19,20)13-7-12(8-16-2)18(3)9-13/h4-7,9,16-17H,8H2,1-3H3. The lowest BCUT2D eigenvalue weighted by Crippen LogP contribution is -2.12. The summed E-state index contributed by atoms with van der Waals surface area (Å²) in [6.07, 6.45) is 1.53. The first kappa shape index (κ1) is 15.5. The van der Waals surface area contributed by atoms with Crippen LogP contribution in [0.3, 0.4) is 0 Å². The molecule has 0 radical (unpaired) electrons. The Kier molecular flexibility index (Phi) is 4.34. The molecule has 0 unspecified atom stereocenters. The van der Waals surface area contributed by atoms with E-state index in [1.54, 1.807) is 31.7 Å².